The molecule has 1 aromatic carbocycles. The van der Waals surface area contributed by atoms with Gasteiger partial charge in [-0.3, -0.25) is 0 Å². The molecule has 0 radical (unpaired) electrons. The molecular weight excluding hydrogens is 398 g/mol. The average Bonchev–Trinajstić information content (AvgIpc) is 2.68. The summed E-state index contributed by atoms with van der Waals surface area (Å²) in [5.74, 6) is 0. The third-order valence-corrected chi connectivity index (χ3v) is 6.56. The van der Waals surface area contributed by atoms with Gasteiger partial charge in [0.1, 0.15) is 0 Å². The molecule has 0 atom stereocenters. The lowest BCUT2D eigenvalue weighted by atomic mass is 10.1. The Hall–Kier alpha value is -0.480. The lowest BCUT2D eigenvalue weighted by molar-refractivity contribution is 0.0264. The van der Waals surface area contributed by atoms with Crippen LogP contribution in [0.5, 0.6) is 0 Å². The molecule has 0 unspecified atom stereocenters. The molecule has 0 amide bonds. The SMILES string of the molecule is COCCOCCOCCN(CC(C)(C)SSC)c1cc(CO)cc(CO)c1. The summed E-state index contributed by atoms with van der Waals surface area (Å²) in [6.07, 6.45) is 2.08. The summed E-state index contributed by atoms with van der Waals surface area (Å²) in [5.41, 5.74) is 2.59. The van der Waals surface area contributed by atoms with E-state index >= 15 is 0 Å². The van der Waals surface area contributed by atoms with Crippen LogP contribution in [0.25, 0.3) is 0 Å². The van der Waals surface area contributed by atoms with Crippen molar-refractivity contribution in [3.63, 3.8) is 0 Å². The van der Waals surface area contributed by atoms with Crippen LogP contribution in [0.1, 0.15) is 25.0 Å². The first kappa shape index (κ1) is 25.6. The van der Waals surface area contributed by atoms with Crippen LogP contribution in [0.3, 0.4) is 0 Å². The van der Waals surface area contributed by atoms with Gasteiger partial charge in [-0.25, -0.2) is 0 Å². The van der Waals surface area contributed by atoms with Crippen LogP contribution in [0, 0.1) is 0 Å². The molecule has 0 fully saturated rings. The summed E-state index contributed by atoms with van der Waals surface area (Å²) in [6.45, 7) is 8.70. The molecular formula is C20H35NO5S2. The van der Waals surface area contributed by atoms with Crippen molar-refractivity contribution >= 4 is 27.3 Å². The van der Waals surface area contributed by atoms with Crippen molar-refractivity contribution < 1.29 is 24.4 Å². The maximum atomic E-state index is 9.56. The summed E-state index contributed by atoms with van der Waals surface area (Å²) < 4.78 is 16.1. The van der Waals surface area contributed by atoms with Crippen molar-refractivity contribution in [2.75, 3.05) is 64.4 Å². The standard InChI is InChI=1S/C20H35NO5S2/c1-20(2,28-27-4)16-21(5-6-25-9-10-26-8-7-24-3)19-12-17(14-22)11-18(13-19)15-23/h11-13,22-23H,5-10,14-16H2,1-4H3. The smallest absolute Gasteiger partial charge is 0.0701 e. The third kappa shape index (κ3) is 10.3. The number of rotatable bonds is 16. The van der Waals surface area contributed by atoms with Crippen LogP contribution in [0.4, 0.5) is 5.69 Å². The minimum atomic E-state index is -0.0487. The number of aliphatic hydroxyl groups is 2. The van der Waals surface area contributed by atoms with E-state index in [4.69, 9.17) is 14.2 Å². The first-order valence-corrected chi connectivity index (χ1v) is 12.0. The van der Waals surface area contributed by atoms with Gasteiger partial charge in [-0.2, -0.15) is 0 Å². The fourth-order valence-corrected chi connectivity index (χ4v) is 4.93. The van der Waals surface area contributed by atoms with Gasteiger partial charge in [-0.15, -0.1) is 0 Å². The fraction of sp³-hybridized carbons (Fsp3) is 0.700. The summed E-state index contributed by atoms with van der Waals surface area (Å²) in [6, 6.07) is 5.79. The van der Waals surface area contributed by atoms with Crippen molar-refractivity contribution in [3.8, 4) is 0 Å². The van der Waals surface area contributed by atoms with E-state index in [0.717, 1.165) is 29.9 Å². The Morgan fingerprint density at radius 2 is 1.50 bits per heavy atom. The highest BCUT2D eigenvalue weighted by atomic mass is 33.1. The van der Waals surface area contributed by atoms with E-state index in [1.807, 2.05) is 29.0 Å². The molecule has 1 aromatic rings. The molecule has 6 nitrogen and oxygen atoms in total. The maximum absolute atomic E-state index is 9.56. The van der Waals surface area contributed by atoms with Gasteiger partial charge in [-0.1, -0.05) is 27.7 Å². The van der Waals surface area contributed by atoms with Crippen molar-refractivity contribution in [1.82, 2.24) is 0 Å². The molecule has 0 aliphatic carbocycles. The van der Waals surface area contributed by atoms with Crippen LogP contribution < -0.4 is 4.90 Å². The van der Waals surface area contributed by atoms with Crippen molar-refractivity contribution in [2.24, 2.45) is 0 Å². The average molecular weight is 434 g/mol. The topological polar surface area (TPSA) is 71.4 Å². The number of nitrogens with zero attached hydrogens (tertiary/aromatic N) is 1. The van der Waals surface area contributed by atoms with Gasteiger partial charge in [0.05, 0.1) is 46.2 Å². The second-order valence-electron chi connectivity index (χ2n) is 6.97. The van der Waals surface area contributed by atoms with E-state index in [1.165, 1.54) is 0 Å². The summed E-state index contributed by atoms with van der Waals surface area (Å²) in [7, 11) is 5.24. The highest BCUT2D eigenvalue weighted by Crippen LogP contribution is 2.35. The van der Waals surface area contributed by atoms with Gasteiger partial charge in [0, 0.05) is 30.6 Å². The van der Waals surface area contributed by atoms with Gasteiger partial charge in [0.2, 0.25) is 0 Å². The maximum Gasteiger partial charge on any atom is 0.0701 e. The highest BCUT2D eigenvalue weighted by Gasteiger charge is 2.23. The lowest BCUT2D eigenvalue weighted by Gasteiger charge is -2.33. The van der Waals surface area contributed by atoms with E-state index in [-0.39, 0.29) is 18.0 Å². The van der Waals surface area contributed by atoms with Gasteiger partial charge in [-0.05, 0) is 43.4 Å². The van der Waals surface area contributed by atoms with Gasteiger partial charge in [0.25, 0.3) is 0 Å². The van der Waals surface area contributed by atoms with Crippen molar-refractivity contribution in [2.45, 2.75) is 31.8 Å². The predicted molar refractivity (Wildman–Crippen MR) is 119 cm³/mol. The molecule has 0 heterocycles. The predicted octanol–water partition coefficient (Wildman–Crippen LogP) is 2.95. The Morgan fingerprint density at radius 3 is 2.04 bits per heavy atom. The molecule has 0 bridgehead atoms. The molecule has 2 N–H and O–H groups in total. The minimum Gasteiger partial charge on any atom is -0.392 e. The van der Waals surface area contributed by atoms with E-state index in [0.29, 0.717) is 33.0 Å². The molecule has 0 saturated carbocycles. The first-order valence-electron chi connectivity index (χ1n) is 9.41. The summed E-state index contributed by atoms with van der Waals surface area (Å²) in [4.78, 5) is 2.26. The second kappa shape index (κ2) is 14.5. The van der Waals surface area contributed by atoms with Crippen LogP contribution in [0.15, 0.2) is 18.2 Å². The van der Waals surface area contributed by atoms with E-state index in [2.05, 4.69) is 25.0 Å². The van der Waals surface area contributed by atoms with Crippen LogP contribution in [-0.4, -0.2) is 74.4 Å². The number of ether oxygens (including phenoxy) is 3. The van der Waals surface area contributed by atoms with Gasteiger partial charge >= 0.3 is 0 Å². The van der Waals surface area contributed by atoms with Crippen LogP contribution >= 0.6 is 21.6 Å². The molecule has 28 heavy (non-hydrogen) atoms. The number of hydrogen-bond acceptors (Lipinski definition) is 8. The van der Waals surface area contributed by atoms with E-state index < -0.39 is 0 Å². The van der Waals surface area contributed by atoms with Crippen LogP contribution in [0.2, 0.25) is 0 Å². The molecule has 0 aliphatic heterocycles. The first-order chi connectivity index (χ1) is 13.5. The Kier molecular flexibility index (Phi) is 13.2. The fourth-order valence-electron chi connectivity index (χ4n) is 2.76. The van der Waals surface area contributed by atoms with Crippen molar-refractivity contribution in [3.05, 3.63) is 29.3 Å². The summed E-state index contributed by atoms with van der Waals surface area (Å²) in [5, 5.41) is 19.1. The molecule has 0 saturated heterocycles. The zero-order valence-electron chi connectivity index (χ0n) is 17.5. The molecule has 162 valence electrons. The van der Waals surface area contributed by atoms with Crippen molar-refractivity contribution in [1.29, 1.82) is 0 Å². The second-order valence-corrected chi connectivity index (χ2v) is 10.1. The number of benzene rings is 1. The third-order valence-electron chi connectivity index (χ3n) is 3.96. The largest absolute Gasteiger partial charge is 0.392 e. The van der Waals surface area contributed by atoms with E-state index in [9.17, 15) is 10.2 Å². The molecule has 0 aliphatic rings. The Morgan fingerprint density at radius 1 is 0.929 bits per heavy atom. The Labute approximate surface area is 177 Å². The zero-order chi connectivity index (χ0) is 20.8. The number of aliphatic hydroxyl groups excluding tert-OH is 2. The molecule has 0 aromatic heterocycles. The highest BCUT2D eigenvalue weighted by molar-refractivity contribution is 8.77. The molecule has 1 rings (SSSR count). The zero-order valence-corrected chi connectivity index (χ0v) is 19.1. The minimum absolute atomic E-state index is 0.0390. The summed E-state index contributed by atoms with van der Waals surface area (Å²) >= 11 is 0. The Bertz CT molecular complexity index is 523. The number of methoxy groups -OCH3 is 1. The quantitative estimate of drug-likeness (QED) is 0.305. The monoisotopic (exact) mass is 433 g/mol. The van der Waals surface area contributed by atoms with Gasteiger partial charge < -0.3 is 29.3 Å². The molecule has 8 heteroatoms. The number of anilines is 1. The molecule has 0 spiro atoms. The Balaban J connectivity index is 2.72. The lowest BCUT2D eigenvalue weighted by Crippen LogP contribution is -2.38. The van der Waals surface area contributed by atoms with E-state index in [1.54, 1.807) is 17.9 Å². The van der Waals surface area contributed by atoms with Gasteiger partial charge in [0.15, 0.2) is 0 Å². The number of hydrogen-bond donors (Lipinski definition) is 2. The van der Waals surface area contributed by atoms with Crippen LogP contribution in [-0.2, 0) is 27.4 Å². The normalized spacial score (nSPS) is 11.8.